The topological polar surface area (TPSA) is 59.8 Å². The van der Waals surface area contributed by atoms with E-state index in [0.717, 1.165) is 82.4 Å². The van der Waals surface area contributed by atoms with Crippen molar-refractivity contribution in [1.29, 1.82) is 0 Å². The number of aromatic nitrogens is 2. The number of nitrogens with one attached hydrogen (secondary N) is 1. The van der Waals surface area contributed by atoms with Crippen molar-refractivity contribution in [2.45, 2.75) is 6.17 Å². The van der Waals surface area contributed by atoms with Gasteiger partial charge in [-0.1, -0.05) is 133 Å². The highest BCUT2D eigenvalue weighted by Gasteiger charge is 2.30. The van der Waals surface area contributed by atoms with Gasteiger partial charge in [0.1, 0.15) is 17.3 Å². The van der Waals surface area contributed by atoms with E-state index in [9.17, 15) is 0 Å². The lowest BCUT2D eigenvalue weighted by Crippen LogP contribution is -2.37. The van der Waals surface area contributed by atoms with Gasteiger partial charge >= 0.3 is 0 Å². The van der Waals surface area contributed by atoms with Crippen LogP contribution in [0.25, 0.3) is 71.2 Å². The zero-order valence-corrected chi connectivity index (χ0v) is 27.4. The molecule has 4 heterocycles. The monoisotopic (exact) mass is 655 g/mol. The molecule has 1 aliphatic rings. The first-order valence-electron chi connectivity index (χ1n) is 17.2. The molecule has 7 aromatic carbocycles. The van der Waals surface area contributed by atoms with Gasteiger partial charge in [0.2, 0.25) is 5.96 Å². The molecule has 11 rings (SSSR count). The quantitative estimate of drug-likeness (QED) is 0.206. The van der Waals surface area contributed by atoms with Crippen molar-refractivity contribution in [1.82, 2.24) is 14.5 Å². The van der Waals surface area contributed by atoms with Gasteiger partial charge in [-0.15, -0.1) is 0 Å². The van der Waals surface area contributed by atoms with E-state index in [1.54, 1.807) is 0 Å². The number of aliphatic imine (C=N–C) groups is 2. The molecule has 0 aliphatic carbocycles. The molecule has 0 bridgehead atoms. The Morgan fingerprint density at radius 1 is 0.510 bits per heavy atom. The van der Waals surface area contributed by atoms with E-state index in [4.69, 9.17) is 14.4 Å². The van der Waals surface area contributed by atoms with Crippen molar-refractivity contribution in [3.63, 3.8) is 0 Å². The Labute approximate surface area is 292 Å². The second-order valence-corrected chi connectivity index (χ2v) is 13.0. The zero-order valence-electron chi connectivity index (χ0n) is 27.4. The fourth-order valence-corrected chi connectivity index (χ4v) is 8.02. The minimum Gasteiger partial charge on any atom is -0.455 e. The maximum atomic E-state index is 6.90. The molecule has 0 fully saturated rings. The zero-order chi connectivity index (χ0) is 33.5. The van der Waals surface area contributed by atoms with Crippen LogP contribution in [-0.2, 0) is 0 Å². The van der Waals surface area contributed by atoms with Crippen LogP contribution < -0.4 is 5.32 Å². The maximum absolute atomic E-state index is 6.90. The third kappa shape index (κ3) is 4.04. The minimum atomic E-state index is -0.348. The van der Waals surface area contributed by atoms with Crippen molar-refractivity contribution in [3.05, 3.63) is 175 Å². The van der Waals surface area contributed by atoms with Gasteiger partial charge in [0, 0.05) is 38.2 Å². The van der Waals surface area contributed by atoms with Gasteiger partial charge < -0.3 is 14.3 Å². The van der Waals surface area contributed by atoms with Crippen LogP contribution in [-0.4, -0.2) is 20.9 Å². The summed E-state index contributed by atoms with van der Waals surface area (Å²) in [5, 5.41) is 10.4. The molecule has 0 radical (unpaired) electrons. The number of para-hydroxylation sites is 4. The third-order valence-corrected chi connectivity index (χ3v) is 10.1. The molecule has 240 valence electrons. The number of rotatable bonds is 3. The second kappa shape index (κ2) is 10.8. The summed E-state index contributed by atoms with van der Waals surface area (Å²) in [7, 11) is 0. The molecule has 1 N–H and O–H groups in total. The number of benzene rings is 7. The number of hydrogen-bond donors (Lipinski definition) is 1. The second-order valence-electron chi connectivity index (χ2n) is 13.0. The Morgan fingerprint density at radius 3 is 1.82 bits per heavy atom. The summed E-state index contributed by atoms with van der Waals surface area (Å²) in [6.45, 7) is 0. The van der Waals surface area contributed by atoms with Gasteiger partial charge in [0.25, 0.3) is 0 Å². The Morgan fingerprint density at radius 2 is 1.08 bits per heavy atom. The molecule has 0 saturated carbocycles. The van der Waals surface area contributed by atoms with Crippen LogP contribution in [0.1, 0.15) is 17.3 Å². The largest absolute Gasteiger partial charge is 0.455 e. The number of amidine groups is 1. The molecule has 0 spiro atoms. The first-order chi connectivity index (χ1) is 25.3. The highest BCUT2D eigenvalue weighted by Crippen LogP contribution is 2.48. The Bertz CT molecular complexity index is 3040. The standard InChI is InChI=1S/C45H29N5O/c1-4-16-28(17-5-1)43-46-44(29-18-6-2-7-19-29)48-45(47-43)50-35-26-14-10-22-31(35)37-38-33-24-12-15-27-36(33)51-42(38)39-32-23-11-13-25-34(32)49(41(39)40(37)50)30-20-8-3-9-21-30/h1-27,43H,(H,46,47,48). The first-order valence-corrected chi connectivity index (χ1v) is 17.2. The van der Waals surface area contributed by atoms with Crippen LogP contribution in [0.2, 0.25) is 0 Å². The summed E-state index contributed by atoms with van der Waals surface area (Å²) in [5.41, 5.74) is 9.12. The highest BCUT2D eigenvalue weighted by molar-refractivity contribution is 6.40. The summed E-state index contributed by atoms with van der Waals surface area (Å²) in [4.78, 5) is 10.5. The molecule has 1 aliphatic heterocycles. The summed E-state index contributed by atoms with van der Waals surface area (Å²) < 4.78 is 11.6. The van der Waals surface area contributed by atoms with Crippen molar-refractivity contribution >= 4 is 77.3 Å². The van der Waals surface area contributed by atoms with Crippen molar-refractivity contribution in [2.24, 2.45) is 9.98 Å². The van der Waals surface area contributed by atoms with Gasteiger partial charge in [-0.05, 0) is 35.9 Å². The lowest BCUT2D eigenvalue weighted by molar-refractivity contribution is 0.661. The fraction of sp³-hybridized carbons (Fsp3) is 0.0222. The van der Waals surface area contributed by atoms with Gasteiger partial charge in [-0.3, -0.25) is 4.57 Å². The Hall–Kier alpha value is -6.92. The summed E-state index contributed by atoms with van der Waals surface area (Å²) in [5.74, 6) is 1.39. The average molecular weight is 656 g/mol. The van der Waals surface area contributed by atoms with Gasteiger partial charge in [0.05, 0.1) is 27.5 Å². The number of hydrogen-bond acceptors (Lipinski definition) is 4. The van der Waals surface area contributed by atoms with E-state index in [1.165, 1.54) is 0 Å². The van der Waals surface area contributed by atoms with Crippen molar-refractivity contribution in [3.8, 4) is 5.69 Å². The van der Waals surface area contributed by atoms with Gasteiger partial charge in [0.15, 0.2) is 5.84 Å². The van der Waals surface area contributed by atoms with E-state index in [0.29, 0.717) is 11.8 Å². The molecule has 6 heteroatoms. The molecule has 6 nitrogen and oxygen atoms in total. The molecule has 1 unspecified atom stereocenters. The van der Waals surface area contributed by atoms with E-state index in [1.807, 2.05) is 30.3 Å². The molecule has 10 aromatic rings. The molecule has 1 atom stereocenters. The first kappa shape index (κ1) is 28.0. The Balaban J connectivity index is 1.37. The van der Waals surface area contributed by atoms with Crippen molar-refractivity contribution < 1.29 is 4.42 Å². The van der Waals surface area contributed by atoms with Crippen LogP contribution in [0.4, 0.5) is 0 Å². The van der Waals surface area contributed by atoms with E-state index in [-0.39, 0.29) is 6.17 Å². The molecule has 51 heavy (non-hydrogen) atoms. The fourth-order valence-electron chi connectivity index (χ4n) is 8.02. The third-order valence-electron chi connectivity index (χ3n) is 10.1. The predicted octanol–water partition coefficient (Wildman–Crippen LogP) is 10.7. The number of furan rings is 1. The molecule has 0 amide bonds. The van der Waals surface area contributed by atoms with Crippen LogP contribution in [0.3, 0.4) is 0 Å². The summed E-state index contributed by atoms with van der Waals surface area (Å²) >= 11 is 0. The number of nitrogens with zero attached hydrogens (tertiary/aromatic N) is 4. The molecule has 3 aromatic heterocycles. The van der Waals surface area contributed by atoms with Crippen LogP contribution in [0.5, 0.6) is 0 Å². The predicted molar refractivity (Wildman–Crippen MR) is 209 cm³/mol. The highest BCUT2D eigenvalue weighted by atomic mass is 16.3. The maximum Gasteiger partial charge on any atom is 0.212 e. The normalized spacial score (nSPS) is 14.9. The van der Waals surface area contributed by atoms with E-state index >= 15 is 0 Å². The van der Waals surface area contributed by atoms with Gasteiger partial charge in [-0.2, -0.15) is 4.99 Å². The average Bonchev–Trinajstić information content (AvgIpc) is 3.87. The molecule has 0 saturated heterocycles. The van der Waals surface area contributed by atoms with Crippen LogP contribution in [0.15, 0.2) is 178 Å². The van der Waals surface area contributed by atoms with Crippen LogP contribution in [0, 0.1) is 0 Å². The Kier molecular flexibility index (Phi) is 5.92. The van der Waals surface area contributed by atoms with Crippen LogP contribution >= 0.6 is 0 Å². The molecular formula is C45H29N5O. The molecular weight excluding hydrogens is 627 g/mol. The SMILES string of the molecule is c1ccc(C2=NC(c3ccccc3)NC(n3c4ccccc4c4c5c6ccccc6oc5c5c6ccccc6n(-c6ccccc6)c5c43)=N2)cc1. The smallest absolute Gasteiger partial charge is 0.212 e. The van der Waals surface area contributed by atoms with E-state index in [2.05, 4.69) is 148 Å². The van der Waals surface area contributed by atoms with Gasteiger partial charge in [-0.25, -0.2) is 4.99 Å². The summed E-state index contributed by atoms with van der Waals surface area (Å²) in [6, 6.07) is 56.9. The number of fused-ring (bicyclic) bond motifs is 12. The van der Waals surface area contributed by atoms with E-state index < -0.39 is 0 Å². The summed E-state index contributed by atoms with van der Waals surface area (Å²) in [6.07, 6.45) is -0.348. The van der Waals surface area contributed by atoms with Crippen molar-refractivity contribution in [2.75, 3.05) is 0 Å². The lowest BCUT2D eigenvalue weighted by Gasteiger charge is -2.25. The minimum absolute atomic E-state index is 0.348. The lowest BCUT2D eigenvalue weighted by atomic mass is 10.0.